The molecule has 0 unspecified atom stereocenters. The Labute approximate surface area is 213 Å². The van der Waals surface area contributed by atoms with Gasteiger partial charge in [-0.2, -0.15) is 13.2 Å². The number of fused-ring (bicyclic) bond motifs is 3. The predicted octanol–water partition coefficient (Wildman–Crippen LogP) is 6.32. The van der Waals surface area contributed by atoms with Crippen LogP contribution in [0.4, 0.5) is 22.0 Å². The van der Waals surface area contributed by atoms with Gasteiger partial charge in [-0.25, -0.2) is 8.78 Å². The zero-order chi connectivity index (χ0) is 27.2. The second kappa shape index (κ2) is 9.34. The van der Waals surface area contributed by atoms with E-state index in [1.165, 1.54) is 18.2 Å². The Morgan fingerprint density at radius 3 is 2.47 bits per heavy atom. The quantitative estimate of drug-likeness (QED) is 0.316. The van der Waals surface area contributed by atoms with E-state index in [4.69, 9.17) is 0 Å². The summed E-state index contributed by atoms with van der Waals surface area (Å²) in [5.74, 6) is -3.88. The number of rotatable bonds is 4. The SMILES string of the molecule is C[C@H](NC(=O)c1ccc2c(c1)c1c(c(=O)n2-c2ccc(C(F)(F)F)cc2)C(F)(F)CCC1)c1ccccn1. The van der Waals surface area contributed by atoms with E-state index >= 15 is 8.78 Å². The topological polar surface area (TPSA) is 64.0 Å². The molecule has 10 heteroatoms. The lowest BCUT2D eigenvalue weighted by Crippen LogP contribution is -2.35. The van der Waals surface area contributed by atoms with Crippen molar-refractivity contribution in [2.75, 3.05) is 0 Å². The molecule has 1 aliphatic rings. The third kappa shape index (κ3) is 4.55. The van der Waals surface area contributed by atoms with Gasteiger partial charge in [0, 0.05) is 29.3 Å². The third-order valence-corrected chi connectivity index (χ3v) is 6.76. The molecule has 0 fully saturated rings. The molecule has 196 valence electrons. The first-order valence-corrected chi connectivity index (χ1v) is 12.0. The number of aryl methyl sites for hydroxylation is 1. The van der Waals surface area contributed by atoms with Gasteiger partial charge in [0.15, 0.2) is 0 Å². The van der Waals surface area contributed by atoms with Gasteiger partial charge in [0.2, 0.25) is 0 Å². The van der Waals surface area contributed by atoms with Crippen molar-refractivity contribution in [1.82, 2.24) is 14.9 Å². The summed E-state index contributed by atoms with van der Waals surface area (Å²) in [6.07, 6.45) is -3.16. The molecule has 0 saturated carbocycles. The second-order valence-corrected chi connectivity index (χ2v) is 9.28. The molecule has 38 heavy (non-hydrogen) atoms. The van der Waals surface area contributed by atoms with E-state index in [0.717, 1.165) is 28.8 Å². The van der Waals surface area contributed by atoms with Crippen molar-refractivity contribution < 1.29 is 26.7 Å². The van der Waals surface area contributed by atoms with Crippen molar-refractivity contribution in [2.24, 2.45) is 0 Å². The van der Waals surface area contributed by atoms with Gasteiger partial charge < -0.3 is 5.32 Å². The molecule has 0 aliphatic heterocycles. The molecule has 1 amide bonds. The summed E-state index contributed by atoms with van der Waals surface area (Å²) in [7, 11) is 0. The zero-order valence-corrected chi connectivity index (χ0v) is 20.2. The van der Waals surface area contributed by atoms with Crippen LogP contribution in [0.2, 0.25) is 0 Å². The van der Waals surface area contributed by atoms with Gasteiger partial charge in [0.05, 0.1) is 28.4 Å². The average molecular weight is 527 g/mol. The van der Waals surface area contributed by atoms with Gasteiger partial charge in [-0.3, -0.25) is 19.1 Å². The van der Waals surface area contributed by atoms with Crippen molar-refractivity contribution in [3.8, 4) is 5.69 Å². The van der Waals surface area contributed by atoms with E-state index in [0.29, 0.717) is 5.69 Å². The Balaban J connectivity index is 1.66. The number of carbonyl (C=O) groups excluding carboxylic acids is 1. The van der Waals surface area contributed by atoms with Gasteiger partial charge in [-0.05, 0) is 79.9 Å². The molecule has 0 spiro atoms. The average Bonchev–Trinajstić information content (AvgIpc) is 2.88. The fourth-order valence-electron chi connectivity index (χ4n) is 4.89. The monoisotopic (exact) mass is 527 g/mol. The molecule has 1 aliphatic carbocycles. The van der Waals surface area contributed by atoms with Crippen LogP contribution in [0.5, 0.6) is 0 Å². The maximum atomic E-state index is 15.1. The predicted molar refractivity (Wildman–Crippen MR) is 131 cm³/mol. The Morgan fingerprint density at radius 1 is 1.08 bits per heavy atom. The minimum atomic E-state index is -4.59. The van der Waals surface area contributed by atoms with E-state index in [9.17, 15) is 22.8 Å². The first-order chi connectivity index (χ1) is 18.0. The first kappa shape index (κ1) is 25.6. The summed E-state index contributed by atoms with van der Waals surface area (Å²) in [6, 6.07) is 13.0. The smallest absolute Gasteiger partial charge is 0.344 e. The molecule has 5 rings (SSSR count). The molecule has 5 nitrogen and oxygen atoms in total. The summed E-state index contributed by atoms with van der Waals surface area (Å²) in [4.78, 5) is 30.7. The number of hydrogen-bond donors (Lipinski definition) is 1. The van der Waals surface area contributed by atoms with Gasteiger partial charge in [-0.1, -0.05) is 6.07 Å². The molecule has 4 aromatic rings. The minimum Gasteiger partial charge on any atom is -0.344 e. The molecule has 0 saturated heterocycles. The lowest BCUT2D eigenvalue weighted by molar-refractivity contribution is -0.137. The standard InChI is InChI=1S/C28H22F5N3O2/c1-16(22-6-2-3-14-34-22)35-25(37)17-7-12-23-21(15-17)20-5-4-13-27(29,30)24(20)26(38)36(23)19-10-8-18(9-11-19)28(31,32)33/h2-3,6-12,14-16H,4-5,13H2,1H3,(H,35,37)/t16-/m0/s1. The molecule has 1 atom stereocenters. The van der Waals surface area contributed by atoms with Crippen molar-refractivity contribution in [2.45, 2.75) is 44.3 Å². The van der Waals surface area contributed by atoms with Crippen LogP contribution in [0.1, 0.15) is 58.5 Å². The molecule has 2 aromatic carbocycles. The normalized spacial score (nSPS) is 15.6. The number of aromatic nitrogens is 2. The fraction of sp³-hybridized carbons (Fsp3) is 0.250. The van der Waals surface area contributed by atoms with Crippen molar-refractivity contribution in [3.63, 3.8) is 0 Å². The number of carbonyl (C=O) groups is 1. The van der Waals surface area contributed by atoms with E-state index in [2.05, 4.69) is 10.3 Å². The fourth-order valence-corrected chi connectivity index (χ4v) is 4.89. The van der Waals surface area contributed by atoms with Crippen LogP contribution in [0, 0.1) is 0 Å². The highest BCUT2D eigenvalue weighted by Gasteiger charge is 2.41. The van der Waals surface area contributed by atoms with E-state index in [1.54, 1.807) is 31.3 Å². The van der Waals surface area contributed by atoms with Crippen molar-refractivity contribution >= 4 is 16.8 Å². The summed E-state index contributed by atoms with van der Waals surface area (Å²) in [5.41, 5.74) is -1.39. The highest BCUT2D eigenvalue weighted by Crippen LogP contribution is 2.41. The van der Waals surface area contributed by atoms with Crippen LogP contribution in [-0.4, -0.2) is 15.5 Å². The molecular formula is C28H22F5N3O2. The van der Waals surface area contributed by atoms with Crippen LogP contribution in [0.3, 0.4) is 0 Å². The lowest BCUT2D eigenvalue weighted by Gasteiger charge is -2.27. The Morgan fingerprint density at radius 2 is 1.82 bits per heavy atom. The van der Waals surface area contributed by atoms with Gasteiger partial charge >= 0.3 is 6.18 Å². The van der Waals surface area contributed by atoms with Crippen LogP contribution < -0.4 is 10.9 Å². The minimum absolute atomic E-state index is 0.0122. The number of halogens is 5. The summed E-state index contributed by atoms with van der Waals surface area (Å²) < 4.78 is 70.4. The molecule has 1 N–H and O–H groups in total. The first-order valence-electron chi connectivity index (χ1n) is 12.0. The number of amides is 1. The van der Waals surface area contributed by atoms with Crippen molar-refractivity contribution in [3.05, 3.63) is 105 Å². The second-order valence-electron chi connectivity index (χ2n) is 9.28. The Hall–Kier alpha value is -4.08. The Bertz CT molecular complexity index is 1580. The molecule has 2 aromatic heterocycles. The highest BCUT2D eigenvalue weighted by molar-refractivity contribution is 5.99. The van der Waals surface area contributed by atoms with Crippen LogP contribution in [0.15, 0.2) is 71.7 Å². The number of nitrogens with one attached hydrogen (secondary N) is 1. The number of pyridine rings is 2. The van der Waals surface area contributed by atoms with Crippen LogP contribution in [0.25, 0.3) is 16.6 Å². The number of hydrogen-bond acceptors (Lipinski definition) is 3. The molecule has 2 heterocycles. The maximum absolute atomic E-state index is 15.1. The number of nitrogens with zero attached hydrogens (tertiary/aromatic N) is 2. The van der Waals surface area contributed by atoms with E-state index < -0.39 is 47.2 Å². The van der Waals surface area contributed by atoms with Gasteiger partial charge in [0.25, 0.3) is 17.4 Å². The summed E-state index contributed by atoms with van der Waals surface area (Å²) >= 11 is 0. The largest absolute Gasteiger partial charge is 0.416 e. The molecule has 0 bridgehead atoms. The maximum Gasteiger partial charge on any atom is 0.416 e. The van der Waals surface area contributed by atoms with Gasteiger partial charge in [-0.15, -0.1) is 0 Å². The van der Waals surface area contributed by atoms with Gasteiger partial charge in [0.1, 0.15) is 0 Å². The van der Waals surface area contributed by atoms with E-state index in [-0.39, 0.29) is 40.6 Å². The van der Waals surface area contributed by atoms with Crippen molar-refractivity contribution in [1.29, 1.82) is 0 Å². The zero-order valence-electron chi connectivity index (χ0n) is 20.2. The molecular weight excluding hydrogens is 505 g/mol. The van der Waals surface area contributed by atoms with Crippen LogP contribution in [-0.2, 0) is 18.5 Å². The summed E-state index contributed by atoms with van der Waals surface area (Å²) in [5, 5.41) is 3.10. The van der Waals surface area contributed by atoms with Crippen LogP contribution >= 0.6 is 0 Å². The number of alkyl halides is 5. The summed E-state index contributed by atoms with van der Waals surface area (Å²) in [6.45, 7) is 1.76. The third-order valence-electron chi connectivity index (χ3n) is 6.76. The number of benzene rings is 2. The highest BCUT2D eigenvalue weighted by atomic mass is 19.4. The lowest BCUT2D eigenvalue weighted by atomic mass is 9.86. The Kier molecular flexibility index (Phi) is 6.28. The molecule has 0 radical (unpaired) electrons. The van der Waals surface area contributed by atoms with E-state index in [1.807, 2.05) is 0 Å².